The van der Waals surface area contributed by atoms with Gasteiger partial charge in [-0.15, -0.1) is 0 Å². The van der Waals surface area contributed by atoms with Gasteiger partial charge < -0.3 is 0 Å². The number of hydrogen-bond donors (Lipinski definition) is 0. The van der Waals surface area contributed by atoms with E-state index >= 15 is 0 Å². The summed E-state index contributed by atoms with van der Waals surface area (Å²) in [4.78, 5) is 4.24. The summed E-state index contributed by atoms with van der Waals surface area (Å²) in [6.45, 7) is 3.80. The van der Waals surface area contributed by atoms with Gasteiger partial charge in [-0.1, -0.05) is 18.2 Å². The Labute approximate surface area is 119 Å². The van der Waals surface area contributed by atoms with Gasteiger partial charge in [-0.2, -0.15) is 13.2 Å². The predicted molar refractivity (Wildman–Crippen MR) is 75.1 cm³/mol. The smallest absolute Gasteiger partial charge is 0.297 e. The van der Waals surface area contributed by atoms with Crippen molar-refractivity contribution in [3.8, 4) is 11.3 Å². The van der Waals surface area contributed by atoms with Crippen LogP contribution in [-0.2, 0) is 6.18 Å². The summed E-state index contributed by atoms with van der Waals surface area (Å²) in [5.74, 6) is 0. The molecule has 0 bridgehead atoms. The summed E-state index contributed by atoms with van der Waals surface area (Å²) in [6.07, 6.45) is -2.90. The zero-order chi connectivity index (χ0) is 15.2. The molecule has 0 radical (unpaired) electrons. The molecular weight excluding hydrogens is 277 g/mol. The third-order valence-corrected chi connectivity index (χ3v) is 3.44. The molecule has 0 aliphatic rings. The number of alkyl halides is 3. The predicted octanol–water partition coefficient (Wildman–Crippen LogP) is 4.64. The molecule has 0 N–H and O–H groups in total. The van der Waals surface area contributed by atoms with Crippen LogP contribution in [0.4, 0.5) is 13.2 Å². The number of aryl methyl sites for hydroxylation is 2. The third kappa shape index (κ3) is 2.28. The van der Waals surface area contributed by atoms with Crippen LogP contribution in [0.3, 0.4) is 0 Å². The largest absolute Gasteiger partial charge is 0.417 e. The second kappa shape index (κ2) is 4.62. The van der Waals surface area contributed by atoms with Gasteiger partial charge in [0.05, 0.1) is 17.5 Å². The topological polar surface area (TPSA) is 17.3 Å². The number of rotatable bonds is 1. The molecule has 0 fully saturated rings. The standard InChI is InChI=1S/C16H13F3N2/c1-10-7-11(2)21-14(9-20-15(21)8-10)12-5-3-4-6-13(12)16(17,18)19/h3-9H,1-2H3. The zero-order valence-electron chi connectivity index (χ0n) is 11.6. The van der Waals surface area contributed by atoms with Crippen molar-refractivity contribution in [1.82, 2.24) is 9.38 Å². The highest BCUT2D eigenvalue weighted by Crippen LogP contribution is 2.37. The second-order valence-electron chi connectivity index (χ2n) is 5.05. The van der Waals surface area contributed by atoms with E-state index in [1.54, 1.807) is 10.5 Å². The lowest BCUT2D eigenvalue weighted by Gasteiger charge is -2.13. The quantitative estimate of drug-likeness (QED) is 0.638. The molecule has 0 unspecified atom stereocenters. The first kappa shape index (κ1) is 13.7. The van der Waals surface area contributed by atoms with Crippen molar-refractivity contribution in [3.05, 3.63) is 59.4 Å². The van der Waals surface area contributed by atoms with Crippen molar-refractivity contribution in [2.24, 2.45) is 0 Å². The van der Waals surface area contributed by atoms with E-state index in [0.29, 0.717) is 11.3 Å². The SMILES string of the molecule is Cc1cc(C)n2c(-c3ccccc3C(F)(F)F)cnc2c1. The molecule has 2 heterocycles. The van der Waals surface area contributed by atoms with Crippen molar-refractivity contribution in [1.29, 1.82) is 0 Å². The van der Waals surface area contributed by atoms with E-state index in [-0.39, 0.29) is 5.56 Å². The Bertz CT molecular complexity index is 816. The monoisotopic (exact) mass is 290 g/mol. The Morgan fingerprint density at radius 2 is 1.76 bits per heavy atom. The number of nitrogens with zero attached hydrogens (tertiary/aromatic N) is 2. The molecule has 0 saturated carbocycles. The van der Waals surface area contributed by atoms with E-state index in [1.807, 2.05) is 26.0 Å². The zero-order valence-corrected chi connectivity index (χ0v) is 11.6. The van der Waals surface area contributed by atoms with Gasteiger partial charge in [-0.25, -0.2) is 4.98 Å². The summed E-state index contributed by atoms with van der Waals surface area (Å²) in [7, 11) is 0. The number of pyridine rings is 1. The van der Waals surface area contributed by atoms with E-state index in [0.717, 1.165) is 17.3 Å². The molecule has 0 amide bonds. The summed E-state index contributed by atoms with van der Waals surface area (Å²) in [5, 5.41) is 0. The van der Waals surface area contributed by atoms with Gasteiger partial charge in [0, 0.05) is 11.3 Å². The molecule has 21 heavy (non-hydrogen) atoms. The van der Waals surface area contributed by atoms with Gasteiger partial charge in [0.15, 0.2) is 0 Å². The maximum Gasteiger partial charge on any atom is 0.417 e. The number of hydrogen-bond acceptors (Lipinski definition) is 1. The molecule has 3 aromatic rings. The Morgan fingerprint density at radius 3 is 2.48 bits per heavy atom. The molecule has 3 rings (SSSR count). The molecule has 0 aliphatic heterocycles. The fraction of sp³-hybridized carbons (Fsp3) is 0.188. The van der Waals surface area contributed by atoms with Gasteiger partial charge in [-0.05, 0) is 37.6 Å². The van der Waals surface area contributed by atoms with Crippen molar-refractivity contribution < 1.29 is 13.2 Å². The van der Waals surface area contributed by atoms with Gasteiger partial charge >= 0.3 is 6.18 Å². The Morgan fingerprint density at radius 1 is 1.05 bits per heavy atom. The van der Waals surface area contributed by atoms with Crippen LogP contribution in [0.15, 0.2) is 42.6 Å². The van der Waals surface area contributed by atoms with E-state index in [2.05, 4.69) is 4.98 Å². The summed E-state index contributed by atoms with van der Waals surface area (Å²) < 4.78 is 41.3. The number of halogens is 3. The van der Waals surface area contributed by atoms with E-state index < -0.39 is 11.7 Å². The Balaban J connectivity index is 2.32. The molecule has 0 saturated heterocycles. The minimum atomic E-state index is -4.39. The molecule has 2 aromatic heterocycles. The molecule has 0 aliphatic carbocycles. The summed E-state index contributed by atoms with van der Waals surface area (Å²) in [5.41, 5.74) is 2.49. The summed E-state index contributed by atoms with van der Waals surface area (Å²) >= 11 is 0. The van der Waals surface area contributed by atoms with E-state index in [9.17, 15) is 13.2 Å². The molecular formula is C16H13F3N2. The molecule has 2 nitrogen and oxygen atoms in total. The van der Waals surface area contributed by atoms with Crippen LogP contribution >= 0.6 is 0 Å². The van der Waals surface area contributed by atoms with Crippen molar-refractivity contribution in [3.63, 3.8) is 0 Å². The minimum absolute atomic E-state index is 0.143. The maximum absolute atomic E-state index is 13.2. The fourth-order valence-corrected chi connectivity index (χ4v) is 2.62. The lowest BCUT2D eigenvalue weighted by Crippen LogP contribution is -2.08. The molecule has 5 heteroatoms. The molecule has 0 atom stereocenters. The molecule has 1 aromatic carbocycles. The van der Waals surface area contributed by atoms with Crippen LogP contribution in [0.5, 0.6) is 0 Å². The van der Waals surface area contributed by atoms with Crippen molar-refractivity contribution >= 4 is 5.65 Å². The highest BCUT2D eigenvalue weighted by molar-refractivity contribution is 5.68. The molecule has 0 spiro atoms. The summed E-state index contributed by atoms with van der Waals surface area (Å²) in [6, 6.07) is 9.35. The van der Waals surface area contributed by atoms with Crippen molar-refractivity contribution in [2.75, 3.05) is 0 Å². The van der Waals surface area contributed by atoms with Crippen molar-refractivity contribution in [2.45, 2.75) is 20.0 Å². The highest BCUT2D eigenvalue weighted by atomic mass is 19.4. The Kier molecular flexibility index (Phi) is 3.01. The van der Waals surface area contributed by atoms with Crippen LogP contribution < -0.4 is 0 Å². The maximum atomic E-state index is 13.2. The van der Waals surface area contributed by atoms with Gasteiger partial charge in [0.1, 0.15) is 5.65 Å². The third-order valence-electron chi connectivity index (χ3n) is 3.44. The van der Waals surface area contributed by atoms with Gasteiger partial charge in [0.25, 0.3) is 0 Å². The minimum Gasteiger partial charge on any atom is -0.297 e. The average Bonchev–Trinajstić information content (AvgIpc) is 2.81. The van der Waals surface area contributed by atoms with Gasteiger partial charge in [-0.3, -0.25) is 4.40 Å². The van der Waals surface area contributed by atoms with E-state index in [1.165, 1.54) is 18.3 Å². The van der Waals surface area contributed by atoms with Crippen LogP contribution in [0.25, 0.3) is 16.9 Å². The first-order valence-electron chi connectivity index (χ1n) is 6.49. The second-order valence-corrected chi connectivity index (χ2v) is 5.05. The molecule has 108 valence electrons. The number of benzene rings is 1. The number of imidazole rings is 1. The normalized spacial score (nSPS) is 12.0. The van der Waals surface area contributed by atoms with Crippen LogP contribution in [0.1, 0.15) is 16.8 Å². The lowest BCUT2D eigenvalue weighted by molar-refractivity contribution is -0.137. The first-order valence-corrected chi connectivity index (χ1v) is 6.49. The number of aromatic nitrogens is 2. The number of fused-ring (bicyclic) bond motifs is 1. The fourth-order valence-electron chi connectivity index (χ4n) is 2.62. The van der Waals surface area contributed by atoms with Gasteiger partial charge in [0.2, 0.25) is 0 Å². The van der Waals surface area contributed by atoms with E-state index in [4.69, 9.17) is 0 Å². The average molecular weight is 290 g/mol. The first-order chi connectivity index (χ1) is 9.88. The van der Waals surface area contributed by atoms with Crippen LogP contribution in [0, 0.1) is 13.8 Å². The Hall–Kier alpha value is -2.30. The van der Waals surface area contributed by atoms with Crippen LogP contribution in [-0.4, -0.2) is 9.38 Å². The lowest BCUT2D eigenvalue weighted by atomic mass is 10.0. The van der Waals surface area contributed by atoms with Crippen LogP contribution in [0.2, 0.25) is 0 Å². The highest BCUT2D eigenvalue weighted by Gasteiger charge is 2.34.